The van der Waals surface area contributed by atoms with Gasteiger partial charge in [-0.15, -0.1) is 0 Å². The van der Waals surface area contributed by atoms with Gasteiger partial charge in [0.2, 0.25) is 0 Å². The Hall–Kier alpha value is -1.29. The van der Waals surface area contributed by atoms with E-state index in [0.717, 1.165) is 13.0 Å². The lowest BCUT2D eigenvalue weighted by molar-refractivity contribution is 0.0456. The number of nitrogen functional groups attached to an aromatic ring is 1. The number of carbonyl (C=O) groups is 1. The Morgan fingerprint density at radius 3 is 2.84 bits per heavy atom. The maximum Gasteiger partial charge on any atom is 0.255 e. The van der Waals surface area contributed by atoms with Crippen LogP contribution in [-0.4, -0.2) is 28.4 Å². The molecule has 0 saturated carbocycles. The van der Waals surface area contributed by atoms with E-state index < -0.39 is 0 Å². The van der Waals surface area contributed by atoms with Crippen molar-refractivity contribution >= 4 is 23.3 Å². The van der Waals surface area contributed by atoms with Gasteiger partial charge in [0.05, 0.1) is 10.6 Å². The summed E-state index contributed by atoms with van der Waals surface area (Å²) in [6.45, 7) is 7.21. The number of halogens is 1. The summed E-state index contributed by atoms with van der Waals surface area (Å²) < 4.78 is 0. The Morgan fingerprint density at radius 2 is 2.16 bits per heavy atom. The molecule has 4 nitrogen and oxygen atoms in total. The molecule has 19 heavy (non-hydrogen) atoms. The molecular weight excluding hydrogens is 262 g/mol. The molecule has 0 radical (unpaired) electrons. The number of piperidine rings is 1. The second-order valence-electron chi connectivity index (χ2n) is 5.61. The summed E-state index contributed by atoms with van der Waals surface area (Å²) in [6.07, 6.45) is 2.59. The van der Waals surface area contributed by atoms with Crippen LogP contribution >= 0.6 is 11.6 Å². The minimum Gasteiger partial charge on any atom is -0.384 e. The lowest BCUT2D eigenvalue weighted by atomic mass is 9.85. The molecule has 1 aromatic rings. The van der Waals surface area contributed by atoms with Crippen LogP contribution in [-0.2, 0) is 0 Å². The second kappa shape index (κ2) is 5.37. The molecule has 1 aliphatic rings. The lowest BCUT2D eigenvalue weighted by Gasteiger charge is -2.41. The number of rotatable bonds is 1. The van der Waals surface area contributed by atoms with E-state index in [1.807, 2.05) is 4.90 Å². The second-order valence-corrected chi connectivity index (χ2v) is 6.01. The zero-order valence-electron chi connectivity index (χ0n) is 11.6. The minimum absolute atomic E-state index is 0.0509. The van der Waals surface area contributed by atoms with Crippen molar-refractivity contribution in [3.05, 3.63) is 22.8 Å². The first kappa shape index (κ1) is 14.1. The van der Waals surface area contributed by atoms with Crippen molar-refractivity contribution in [2.45, 2.75) is 33.2 Å². The smallest absolute Gasteiger partial charge is 0.255 e. The molecule has 2 rings (SSSR count). The molecule has 5 heteroatoms. The molecule has 3 atom stereocenters. The number of nitrogens with zero attached hydrogens (tertiary/aromatic N) is 2. The number of carbonyl (C=O) groups excluding carboxylic acids is 1. The monoisotopic (exact) mass is 281 g/mol. The van der Waals surface area contributed by atoms with Crippen molar-refractivity contribution in [1.82, 2.24) is 9.88 Å². The van der Waals surface area contributed by atoms with Gasteiger partial charge >= 0.3 is 0 Å². The molecule has 0 spiro atoms. The maximum absolute atomic E-state index is 12.6. The fraction of sp³-hybridized carbons (Fsp3) is 0.571. The molecular formula is C14H20ClN3O. The Labute approximate surface area is 118 Å². The van der Waals surface area contributed by atoms with Gasteiger partial charge in [-0.3, -0.25) is 4.79 Å². The molecule has 1 saturated heterocycles. The quantitative estimate of drug-likeness (QED) is 0.861. The van der Waals surface area contributed by atoms with E-state index in [2.05, 4.69) is 25.8 Å². The summed E-state index contributed by atoms with van der Waals surface area (Å²) in [5.41, 5.74) is 6.09. The molecule has 104 valence electrons. The molecule has 0 aliphatic carbocycles. The van der Waals surface area contributed by atoms with Crippen LogP contribution in [0.15, 0.2) is 12.3 Å². The van der Waals surface area contributed by atoms with Gasteiger partial charge in [-0.05, 0) is 31.2 Å². The topological polar surface area (TPSA) is 59.2 Å². The van der Waals surface area contributed by atoms with Crippen LogP contribution in [0.2, 0.25) is 5.02 Å². The Kier molecular flexibility index (Phi) is 3.99. The van der Waals surface area contributed by atoms with E-state index in [1.165, 1.54) is 6.20 Å². The van der Waals surface area contributed by atoms with E-state index in [0.29, 0.717) is 28.2 Å². The van der Waals surface area contributed by atoms with Gasteiger partial charge in [0.1, 0.15) is 5.82 Å². The summed E-state index contributed by atoms with van der Waals surface area (Å²) in [4.78, 5) is 18.4. The van der Waals surface area contributed by atoms with Gasteiger partial charge < -0.3 is 10.6 Å². The number of amides is 1. The van der Waals surface area contributed by atoms with Crippen molar-refractivity contribution in [2.24, 2.45) is 11.8 Å². The van der Waals surface area contributed by atoms with Crippen molar-refractivity contribution in [3.63, 3.8) is 0 Å². The third-order valence-corrected chi connectivity index (χ3v) is 4.27. The van der Waals surface area contributed by atoms with Crippen LogP contribution in [0.4, 0.5) is 5.82 Å². The van der Waals surface area contributed by atoms with Crippen LogP contribution in [0.1, 0.15) is 37.6 Å². The standard InChI is InChI=1S/C14H20ClN3O/c1-8-4-9(2)10(3)18(7-8)14(19)11-5-13(16)17-6-12(11)15/h5-6,8-10H,4,7H2,1-3H3,(H2,16,17). The van der Waals surface area contributed by atoms with E-state index in [4.69, 9.17) is 17.3 Å². The molecule has 1 fully saturated rings. The average Bonchev–Trinajstić information content (AvgIpc) is 2.36. The highest BCUT2D eigenvalue weighted by atomic mass is 35.5. The van der Waals surface area contributed by atoms with Gasteiger partial charge in [-0.25, -0.2) is 4.98 Å². The Balaban J connectivity index is 2.30. The van der Waals surface area contributed by atoms with Gasteiger partial charge in [-0.1, -0.05) is 25.4 Å². The number of aromatic nitrogens is 1. The average molecular weight is 282 g/mol. The van der Waals surface area contributed by atoms with E-state index in [-0.39, 0.29) is 11.9 Å². The van der Waals surface area contributed by atoms with Crippen LogP contribution in [0.5, 0.6) is 0 Å². The fourth-order valence-corrected chi connectivity index (χ4v) is 2.94. The number of anilines is 1. The molecule has 3 unspecified atom stereocenters. The predicted octanol–water partition coefficient (Wildman–Crippen LogP) is 2.82. The van der Waals surface area contributed by atoms with Crippen molar-refractivity contribution in [3.8, 4) is 0 Å². The molecule has 1 amide bonds. The zero-order chi connectivity index (χ0) is 14.2. The normalized spacial score (nSPS) is 27.4. The molecule has 1 aromatic heterocycles. The molecule has 1 aliphatic heterocycles. The summed E-state index contributed by atoms with van der Waals surface area (Å²) in [5.74, 6) is 1.27. The van der Waals surface area contributed by atoms with Crippen molar-refractivity contribution in [1.29, 1.82) is 0 Å². The zero-order valence-corrected chi connectivity index (χ0v) is 12.3. The van der Waals surface area contributed by atoms with Crippen molar-refractivity contribution in [2.75, 3.05) is 12.3 Å². The summed E-state index contributed by atoms with van der Waals surface area (Å²) >= 11 is 6.07. The molecule has 0 bridgehead atoms. The molecule has 0 aromatic carbocycles. The highest BCUT2D eigenvalue weighted by Crippen LogP contribution is 2.29. The highest BCUT2D eigenvalue weighted by molar-refractivity contribution is 6.33. The summed E-state index contributed by atoms with van der Waals surface area (Å²) in [7, 11) is 0. The van der Waals surface area contributed by atoms with Gasteiger partial charge in [0.15, 0.2) is 0 Å². The number of nitrogens with two attached hydrogens (primary N) is 1. The first-order valence-corrected chi connectivity index (χ1v) is 7.00. The lowest BCUT2D eigenvalue weighted by Crippen LogP contribution is -2.48. The highest BCUT2D eigenvalue weighted by Gasteiger charge is 2.33. The summed E-state index contributed by atoms with van der Waals surface area (Å²) in [5, 5.41) is 0.359. The largest absolute Gasteiger partial charge is 0.384 e. The van der Waals surface area contributed by atoms with Crippen molar-refractivity contribution < 1.29 is 4.79 Å². The number of hydrogen-bond acceptors (Lipinski definition) is 3. The first-order chi connectivity index (χ1) is 8.90. The van der Waals surface area contributed by atoms with Crippen LogP contribution in [0.25, 0.3) is 0 Å². The number of pyridine rings is 1. The van der Waals surface area contributed by atoms with Crippen LogP contribution in [0.3, 0.4) is 0 Å². The SMILES string of the molecule is CC1CC(C)C(C)N(C(=O)c2cc(N)ncc2Cl)C1. The molecule has 2 N–H and O–H groups in total. The Morgan fingerprint density at radius 1 is 1.47 bits per heavy atom. The maximum atomic E-state index is 12.6. The third-order valence-electron chi connectivity index (χ3n) is 3.97. The summed E-state index contributed by atoms with van der Waals surface area (Å²) in [6, 6.07) is 1.77. The van der Waals surface area contributed by atoms with E-state index >= 15 is 0 Å². The number of likely N-dealkylation sites (tertiary alicyclic amines) is 1. The van der Waals surface area contributed by atoms with E-state index in [1.54, 1.807) is 6.07 Å². The number of hydrogen-bond donors (Lipinski definition) is 1. The van der Waals surface area contributed by atoms with Gasteiger partial charge in [-0.2, -0.15) is 0 Å². The third kappa shape index (κ3) is 2.84. The van der Waals surface area contributed by atoms with Gasteiger partial charge in [0, 0.05) is 18.8 Å². The van der Waals surface area contributed by atoms with E-state index in [9.17, 15) is 4.79 Å². The fourth-order valence-electron chi connectivity index (χ4n) is 2.76. The first-order valence-electron chi connectivity index (χ1n) is 6.62. The van der Waals surface area contributed by atoms with Crippen LogP contribution in [0, 0.1) is 11.8 Å². The minimum atomic E-state index is -0.0509. The molecule has 2 heterocycles. The predicted molar refractivity (Wildman–Crippen MR) is 77.1 cm³/mol. The van der Waals surface area contributed by atoms with Gasteiger partial charge in [0.25, 0.3) is 5.91 Å². The Bertz CT molecular complexity index is 492. The van der Waals surface area contributed by atoms with Crippen LogP contribution < -0.4 is 5.73 Å².